The molecular formula is C22H24N2O8S. The van der Waals surface area contributed by atoms with Crippen molar-refractivity contribution in [3.63, 3.8) is 0 Å². The molecule has 2 aromatic heterocycles. The molecule has 0 aromatic carbocycles. The van der Waals surface area contributed by atoms with Crippen molar-refractivity contribution in [2.45, 2.75) is 44.5 Å². The Morgan fingerprint density at radius 3 is 1.94 bits per heavy atom. The van der Waals surface area contributed by atoms with Gasteiger partial charge in [0.1, 0.15) is 11.5 Å². The van der Waals surface area contributed by atoms with E-state index < -0.39 is 41.7 Å². The van der Waals surface area contributed by atoms with E-state index in [1.165, 1.54) is 38.7 Å². The lowest BCUT2D eigenvalue weighted by atomic mass is 10.1. The van der Waals surface area contributed by atoms with Crippen molar-refractivity contribution in [2.24, 2.45) is 0 Å². The first-order valence-electron chi connectivity index (χ1n) is 10.0. The van der Waals surface area contributed by atoms with Crippen molar-refractivity contribution in [3.8, 4) is 22.6 Å². The van der Waals surface area contributed by atoms with Gasteiger partial charge in [0.15, 0.2) is 23.7 Å². The van der Waals surface area contributed by atoms with Gasteiger partial charge in [-0.1, -0.05) is 0 Å². The summed E-state index contributed by atoms with van der Waals surface area (Å²) in [6.45, 7) is 3.71. The molecule has 1 aliphatic heterocycles. The zero-order valence-electron chi connectivity index (χ0n) is 18.5. The Labute approximate surface area is 194 Å². The van der Waals surface area contributed by atoms with Crippen LogP contribution >= 0.6 is 11.8 Å². The van der Waals surface area contributed by atoms with Gasteiger partial charge in [0, 0.05) is 50.0 Å². The van der Waals surface area contributed by atoms with Gasteiger partial charge in [-0.3, -0.25) is 24.4 Å². The standard InChI is InChI=1S/C22H24N2O8S/c1-12(25)29-19-11-33-22(21(31-14(3)27)20(19)30-13(2)26)32-18-6-16(8-24-10-18)15-5-17(28-4)9-23-7-15/h5-10,19-22H,11H2,1-4H3/t19-,20+,21-,22+/m1/s1. The maximum atomic E-state index is 11.8. The number of thioether (sulfide) groups is 1. The number of hydrogen-bond acceptors (Lipinski definition) is 11. The Bertz CT molecular complexity index is 1020. The molecule has 3 heterocycles. The summed E-state index contributed by atoms with van der Waals surface area (Å²) < 4.78 is 27.4. The summed E-state index contributed by atoms with van der Waals surface area (Å²) >= 11 is 1.27. The fraction of sp³-hybridized carbons (Fsp3) is 0.409. The molecule has 11 heteroatoms. The van der Waals surface area contributed by atoms with Gasteiger partial charge < -0.3 is 23.7 Å². The van der Waals surface area contributed by atoms with Crippen molar-refractivity contribution in [2.75, 3.05) is 12.9 Å². The van der Waals surface area contributed by atoms with Gasteiger partial charge in [-0.05, 0) is 12.1 Å². The number of esters is 3. The highest BCUT2D eigenvalue weighted by Crippen LogP contribution is 2.35. The first-order valence-corrected chi connectivity index (χ1v) is 11.1. The number of rotatable bonds is 7. The topological polar surface area (TPSA) is 123 Å². The average Bonchev–Trinajstić information content (AvgIpc) is 2.77. The van der Waals surface area contributed by atoms with Crippen LogP contribution in [-0.4, -0.2) is 64.5 Å². The molecule has 0 N–H and O–H groups in total. The van der Waals surface area contributed by atoms with Crippen LogP contribution in [-0.2, 0) is 28.6 Å². The molecule has 0 saturated carbocycles. The predicted molar refractivity (Wildman–Crippen MR) is 118 cm³/mol. The summed E-state index contributed by atoms with van der Waals surface area (Å²) in [5.74, 6) is -0.469. The molecule has 0 bridgehead atoms. The van der Waals surface area contributed by atoms with Crippen LogP contribution in [0.25, 0.3) is 11.1 Å². The summed E-state index contributed by atoms with van der Waals surface area (Å²) in [6, 6.07) is 3.57. The van der Waals surface area contributed by atoms with Crippen LogP contribution in [0.5, 0.6) is 11.5 Å². The normalized spacial score (nSPS) is 22.1. The smallest absolute Gasteiger partial charge is 0.303 e. The lowest BCUT2D eigenvalue weighted by Gasteiger charge is -2.39. The molecule has 0 aliphatic carbocycles. The SMILES string of the molecule is COc1cncc(-c2cncc(O[C@H]3SC[C@@H](OC(C)=O)[C@H](OC(C)=O)[C@H]3OC(C)=O)c2)c1. The van der Waals surface area contributed by atoms with Crippen LogP contribution in [0.4, 0.5) is 0 Å². The third kappa shape index (κ3) is 6.58. The summed E-state index contributed by atoms with van der Waals surface area (Å²) in [5, 5.41) is 0. The minimum atomic E-state index is -1.03. The molecule has 0 amide bonds. The molecule has 0 unspecified atom stereocenters. The lowest BCUT2D eigenvalue weighted by Crippen LogP contribution is -2.55. The van der Waals surface area contributed by atoms with E-state index in [9.17, 15) is 14.4 Å². The maximum absolute atomic E-state index is 11.8. The second-order valence-corrected chi connectivity index (χ2v) is 8.27. The molecule has 4 atom stereocenters. The first kappa shape index (κ1) is 24.3. The molecule has 1 saturated heterocycles. The first-order chi connectivity index (χ1) is 15.8. The number of hydrogen-bond donors (Lipinski definition) is 0. The minimum Gasteiger partial charge on any atom is -0.495 e. The van der Waals surface area contributed by atoms with E-state index in [-0.39, 0.29) is 5.75 Å². The number of ether oxygens (including phenoxy) is 5. The van der Waals surface area contributed by atoms with Crippen molar-refractivity contribution in [1.29, 1.82) is 0 Å². The van der Waals surface area contributed by atoms with Crippen molar-refractivity contribution >= 4 is 29.7 Å². The third-order valence-electron chi connectivity index (χ3n) is 4.55. The highest BCUT2D eigenvalue weighted by molar-refractivity contribution is 7.99. The van der Waals surface area contributed by atoms with Gasteiger partial charge in [-0.2, -0.15) is 0 Å². The molecule has 0 radical (unpaired) electrons. The van der Waals surface area contributed by atoms with Gasteiger partial charge in [0.25, 0.3) is 0 Å². The molecule has 176 valence electrons. The Balaban J connectivity index is 1.87. The van der Waals surface area contributed by atoms with Gasteiger partial charge in [-0.25, -0.2) is 0 Å². The monoisotopic (exact) mass is 476 g/mol. The summed E-state index contributed by atoms with van der Waals surface area (Å²) in [7, 11) is 1.55. The highest BCUT2D eigenvalue weighted by Gasteiger charge is 2.47. The lowest BCUT2D eigenvalue weighted by molar-refractivity contribution is -0.186. The number of carbonyl (C=O) groups excluding carboxylic acids is 3. The van der Waals surface area contributed by atoms with Crippen LogP contribution in [0.3, 0.4) is 0 Å². The zero-order valence-corrected chi connectivity index (χ0v) is 19.4. The molecule has 10 nitrogen and oxygen atoms in total. The largest absolute Gasteiger partial charge is 0.495 e. The molecule has 33 heavy (non-hydrogen) atoms. The summed E-state index contributed by atoms with van der Waals surface area (Å²) in [6.07, 6.45) is 3.58. The zero-order chi connectivity index (χ0) is 24.0. The van der Waals surface area contributed by atoms with E-state index in [0.29, 0.717) is 11.5 Å². The van der Waals surface area contributed by atoms with E-state index in [1.54, 1.807) is 31.8 Å². The molecule has 3 rings (SSSR count). The number of methoxy groups -OCH3 is 1. The van der Waals surface area contributed by atoms with Crippen LogP contribution in [0, 0.1) is 0 Å². The van der Waals surface area contributed by atoms with E-state index in [4.69, 9.17) is 23.7 Å². The van der Waals surface area contributed by atoms with E-state index in [0.717, 1.165) is 11.1 Å². The molecule has 1 fully saturated rings. The Hall–Kier alpha value is -3.34. The number of aromatic nitrogens is 2. The highest BCUT2D eigenvalue weighted by atomic mass is 32.2. The average molecular weight is 477 g/mol. The fourth-order valence-corrected chi connectivity index (χ4v) is 4.49. The van der Waals surface area contributed by atoms with Crippen molar-refractivity contribution in [1.82, 2.24) is 9.97 Å². The van der Waals surface area contributed by atoms with Crippen molar-refractivity contribution < 1.29 is 38.1 Å². The predicted octanol–water partition coefficient (Wildman–Crippen LogP) is 2.40. The van der Waals surface area contributed by atoms with E-state index in [2.05, 4.69) is 9.97 Å². The van der Waals surface area contributed by atoms with E-state index >= 15 is 0 Å². The van der Waals surface area contributed by atoms with Crippen LogP contribution in [0.15, 0.2) is 36.9 Å². The Morgan fingerprint density at radius 1 is 0.818 bits per heavy atom. The maximum Gasteiger partial charge on any atom is 0.303 e. The molecule has 1 aliphatic rings. The third-order valence-corrected chi connectivity index (χ3v) is 5.77. The quantitative estimate of drug-likeness (QED) is 0.432. The van der Waals surface area contributed by atoms with Crippen molar-refractivity contribution in [3.05, 3.63) is 36.9 Å². The number of nitrogens with zero attached hydrogens (tertiary/aromatic N) is 2. The van der Waals surface area contributed by atoms with E-state index in [1.807, 2.05) is 6.07 Å². The summed E-state index contributed by atoms with van der Waals surface area (Å²) in [5.41, 5.74) is 0.761. The van der Waals surface area contributed by atoms with Gasteiger partial charge in [0.05, 0.1) is 19.5 Å². The number of pyridine rings is 2. The van der Waals surface area contributed by atoms with Gasteiger partial charge >= 0.3 is 17.9 Å². The van der Waals surface area contributed by atoms with Gasteiger partial charge in [0.2, 0.25) is 0 Å². The Kier molecular flexibility index (Phi) is 8.10. The van der Waals surface area contributed by atoms with Gasteiger partial charge in [-0.15, -0.1) is 11.8 Å². The van der Waals surface area contributed by atoms with Crippen LogP contribution < -0.4 is 9.47 Å². The summed E-state index contributed by atoms with van der Waals surface area (Å²) in [4.78, 5) is 43.4. The fourth-order valence-electron chi connectivity index (χ4n) is 3.27. The molecular weight excluding hydrogens is 452 g/mol. The second kappa shape index (κ2) is 11.0. The number of carbonyl (C=O) groups is 3. The second-order valence-electron chi connectivity index (χ2n) is 7.14. The molecule has 2 aromatic rings. The Morgan fingerprint density at radius 2 is 1.36 bits per heavy atom. The van der Waals surface area contributed by atoms with Crippen LogP contribution in [0.2, 0.25) is 0 Å². The van der Waals surface area contributed by atoms with Crippen LogP contribution in [0.1, 0.15) is 20.8 Å². The minimum absolute atomic E-state index is 0.271. The molecule has 0 spiro atoms.